The van der Waals surface area contributed by atoms with Gasteiger partial charge in [0.1, 0.15) is 0 Å². The summed E-state index contributed by atoms with van der Waals surface area (Å²) in [5.74, 6) is -0.385. The second-order valence-corrected chi connectivity index (χ2v) is 5.33. The minimum absolute atomic E-state index is 0.253. The number of aryl methyl sites for hydroxylation is 1. The molecule has 1 aromatic carbocycles. The van der Waals surface area contributed by atoms with Crippen LogP contribution in [0.15, 0.2) is 49.2 Å². The van der Waals surface area contributed by atoms with Gasteiger partial charge in [-0.15, -0.1) is 0 Å². The normalized spacial score (nSPS) is 11.5. The molecule has 0 atom stereocenters. The third kappa shape index (κ3) is 3.23. The number of hydrogen-bond acceptors (Lipinski definition) is 3. The van der Waals surface area contributed by atoms with Crippen molar-refractivity contribution in [1.29, 1.82) is 0 Å². The van der Waals surface area contributed by atoms with E-state index in [2.05, 4.69) is 22.0 Å². The van der Waals surface area contributed by atoms with E-state index in [4.69, 9.17) is 0 Å². The van der Waals surface area contributed by atoms with Crippen LogP contribution in [0.25, 0.3) is 16.7 Å². The van der Waals surface area contributed by atoms with Crippen LogP contribution < -0.4 is 5.32 Å². The number of carbonyl (C=O) groups is 1. The van der Waals surface area contributed by atoms with Crippen LogP contribution in [0.5, 0.6) is 0 Å². The van der Waals surface area contributed by atoms with Crippen LogP contribution in [0, 0.1) is 6.92 Å². The predicted molar refractivity (Wildman–Crippen MR) is 87.4 cm³/mol. The summed E-state index contributed by atoms with van der Waals surface area (Å²) in [7, 11) is 0. The van der Waals surface area contributed by atoms with Crippen molar-refractivity contribution in [3.63, 3.8) is 0 Å². The van der Waals surface area contributed by atoms with Crippen molar-refractivity contribution in [2.75, 3.05) is 5.32 Å². The lowest BCUT2D eigenvalue weighted by Crippen LogP contribution is -2.08. The van der Waals surface area contributed by atoms with E-state index >= 15 is 0 Å². The molecule has 0 aliphatic heterocycles. The molecule has 0 spiro atoms. The quantitative estimate of drug-likeness (QED) is 0.733. The van der Waals surface area contributed by atoms with Gasteiger partial charge in [-0.3, -0.25) is 4.79 Å². The number of nitrogens with zero attached hydrogens (tertiary/aromatic N) is 3. The number of fused-ring (bicyclic) bond motifs is 1. The lowest BCUT2D eigenvalue weighted by Gasteiger charge is -2.09. The van der Waals surface area contributed by atoms with Crippen molar-refractivity contribution >= 4 is 22.6 Å². The molecule has 5 nitrogen and oxygen atoms in total. The van der Waals surface area contributed by atoms with Gasteiger partial charge in [-0.05, 0) is 37.3 Å². The Hall–Kier alpha value is -3.16. The van der Waals surface area contributed by atoms with Crippen LogP contribution in [0.1, 0.15) is 11.3 Å². The Morgan fingerprint density at radius 2 is 2.08 bits per heavy atom. The molecule has 1 N–H and O–H groups in total. The number of rotatable bonds is 3. The van der Waals surface area contributed by atoms with Gasteiger partial charge in [-0.25, -0.2) is 9.67 Å². The Morgan fingerprint density at radius 3 is 2.76 bits per heavy atom. The fourth-order valence-electron chi connectivity index (χ4n) is 2.40. The van der Waals surface area contributed by atoms with Crippen molar-refractivity contribution in [3.8, 4) is 5.69 Å². The molecule has 0 saturated carbocycles. The largest absolute Gasteiger partial charge is 0.416 e. The van der Waals surface area contributed by atoms with E-state index < -0.39 is 11.7 Å². The summed E-state index contributed by atoms with van der Waals surface area (Å²) in [6, 6.07) is 6.52. The second kappa shape index (κ2) is 6.04. The molecule has 8 heteroatoms. The summed E-state index contributed by atoms with van der Waals surface area (Å²) < 4.78 is 40.1. The van der Waals surface area contributed by atoms with Crippen LogP contribution in [0.2, 0.25) is 0 Å². The average Bonchev–Trinajstić information content (AvgIpc) is 2.91. The van der Waals surface area contributed by atoms with E-state index in [0.717, 1.165) is 18.2 Å². The van der Waals surface area contributed by atoms with Gasteiger partial charge in [0, 0.05) is 5.39 Å². The highest BCUT2D eigenvalue weighted by molar-refractivity contribution is 6.00. The maximum absolute atomic E-state index is 12.9. The van der Waals surface area contributed by atoms with Crippen molar-refractivity contribution in [1.82, 2.24) is 14.8 Å². The first-order valence-electron chi connectivity index (χ1n) is 7.26. The maximum Gasteiger partial charge on any atom is 0.416 e. The third-order valence-electron chi connectivity index (χ3n) is 3.58. The Morgan fingerprint density at radius 1 is 1.32 bits per heavy atom. The van der Waals surface area contributed by atoms with Gasteiger partial charge < -0.3 is 5.32 Å². The van der Waals surface area contributed by atoms with Crippen LogP contribution in [-0.4, -0.2) is 20.7 Å². The number of pyridine rings is 1. The molecule has 0 aliphatic rings. The molecule has 1 amide bonds. The molecule has 0 fully saturated rings. The zero-order valence-corrected chi connectivity index (χ0v) is 13.1. The van der Waals surface area contributed by atoms with Crippen molar-refractivity contribution in [3.05, 3.63) is 60.4 Å². The molecule has 0 radical (unpaired) electrons. The minimum atomic E-state index is -4.44. The van der Waals surface area contributed by atoms with Gasteiger partial charge in [0.2, 0.25) is 5.91 Å². The van der Waals surface area contributed by atoms with E-state index in [1.807, 2.05) is 0 Å². The number of aromatic nitrogens is 3. The van der Waals surface area contributed by atoms with Crippen molar-refractivity contribution in [2.45, 2.75) is 13.1 Å². The molecule has 3 aromatic rings. The standard InChI is InChI=1S/C17H13F3N4O/c1-3-15(25)22-12-8-14-10(2)23-24(16(14)21-9-12)13-6-4-5-11(7-13)17(18,19)20/h3-9H,1H2,2H3,(H,22,25). The molecular weight excluding hydrogens is 333 g/mol. The van der Waals surface area contributed by atoms with E-state index in [0.29, 0.717) is 22.4 Å². The van der Waals surface area contributed by atoms with Crippen LogP contribution in [-0.2, 0) is 11.0 Å². The summed E-state index contributed by atoms with van der Waals surface area (Å²) in [4.78, 5) is 15.6. The Labute approximate surface area is 140 Å². The maximum atomic E-state index is 12.9. The molecular formula is C17H13F3N4O. The topological polar surface area (TPSA) is 59.8 Å². The lowest BCUT2D eigenvalue weighted by molar-refractivity contribution is -0.137. The zero-order chi connectivity index (χ0) is 18.2. The number of hydrogen-bond donors (Lipinski definition) is 1. The van der Waals surface area contributed by atoms with Crippen LogP contribution in [0.3, 0.4) is 0 Å². The van der Waals surface area contributed by atoms with Gasteiger partial charge in [-0.1, -0.05) is 12.6 Å². The molecule has 0 aliphatic carbocycles. The average molecular weight is 346 g/mol. The van der Waals surface area contributed by atoms with Gasteiger partial charge in [0.05, 0.1) is 28.8 Å². The smallest absolute Gasteiger partial charge is 0.321 e. The predicted octanol–water partition coefficient (Wildman–Crippen LogP) is 3.87. The molecule has 25 heavy (non-hydrogen) atoms. The number of carbonyl (C=O) groups excluding carboxylic acids is 1. The molecule has 2 aromatic heterocycles. The third-order valence-corrected chi connectivity index (χ3v) is 3.58. The highest BCUT2D eigenvalue weighted by atomic mass is 19.4. The first-order chi connectivity index (χ1) is 11.8. The first kappa shape index (κ1) is 16.7. The highest BCUT2D eigenvalue weighted by Crippen LogP contribution is 2.31. The summed E-state index contributed by atoms with van der Waals surface area (Å²) >= 11 is 0. The Bertz CT molecular complexity index is 976. The molecule has 3 rings (SSSR count). The summed E-state index contributed by atoms with van der Waals surface area (Å²) in [5.41, 5.74) is 0.914. The fourth-order valence-corrected chi connectivity index (χ4v) is 2.40. The number of nitrogens with one attached hydrogen (secondary N) is 1. The molecule has 2 heterocycles. The number of amides is 1. The zero-order valence-electron chi connectivity index (χ0n) is 13.1. The van der Waals surface area contributed by atoms with Gasteiger partial charge in [-0.2, -0.15) is 18.3 Å². The lowest BCUT2D eigenvalue weighted by atomic mass is 10.2. The first-order valence-corrected chi connectivity index (χ1v) is 7.26. The highest BCUT2D eigenvalue weighted by Gasteiger charge is 2.30. The van der Waals surface area contributed by atoms with Crippen LogP contribution >= 0.6 is 0 Å². The minimum Gasteiger partial charge on any atom is -0.321 e. The second-order valence-electron chi connectivity index (χ2n) is 5.33. The monoisotopic (exact) mass is 346 g/mol. The summed E-state index contributed by atoms with van der Waals surface area (Å²) in [6.07, 6.45) is -1.90. The number of alkyl halides is 3. The SMILES string of the molecule is C=CC(=O)Nc1cnc2c(c1)c(C)nn2-c1cccc(C(F)(F)F)c1. The van der Waals surface area contributed by atoms with E-state index in [1.54, 1.807) is 13.0 Å². The van der Waals surface area contributed by atoms with E-state index in [9.17, 15) is 18.0 Å². The Balaban J connectivity index is 2.09. The van der Waals surface area contributed by atoms with Crippen molar-refractivity contribution < 1.29 is 18.0 Å². The number of halogens is 3. The van der Waals surface area contributed by atoms with Crippen molar-refractivity contribution in [2.24, 2.45) is 0 Å². The number of benzene rings is 1. The fraction of sp³-hybridized carbons (Fsp3) is 0.118. The summed E-state index contributed by atoms with van der Waals surface area (Å²) in [5, 5.41) is 7.49. The van der Waals surface area contributed by atoms with E-state index in [1.165, 1.54) is 23.0 Å². The van der Waals surface area contributed by atoms with Gasteiger partial charge >= 0.3 is 6.18 Å². The molecule has 128 valence electrons. The molecule has 0 unspecified atom stereocenters. The Kier molecular flexibility index (Phi) is 4.03. The molecule has 0 bridgehead atoms. The van der Waals surface area contributed by atoms with E-state index in [-0.39, 0.29) is 11.6 Å². The van der Waals surface area contributed by atoms with Gasteiger partial charge in [0.15, 0.2) is 5.65 Å². The molecule has 0 saturated heterocycles. The number of anilines is 1. The summed E-state index contributed by atoms with van der Waals surface area (Å²) in [6.45, 7) is 5.08. The van der Waals surface area contributed by atoms with Gasteiger partial charge in [0.25, 0.3) is 0 Å². The van der Waals surface area contributed by atoms with Crippen LogP contribution in [0.4, 0.5) is 18.9 Å².